The van der Waals surface area contributed by atoms with E-state index in [4.69, 9.17) is 0 Å². The zero-order valence-corrected chi connectivity index (χ0v) is 28.9. The summed E-state index contributed by atoms with van der Waals surface area (Å²) in [6.07, 6.45) is -0.198. The van der Waals surface area contributed by atoms with Gasteiger partial charge < -0.3 is 21.0 Å². The largest absolute Gasteiger partial charge is 1.00 e. The van der Waals surface area contributed by atoms with Gasteiger partial charge in [0.1, 0.15) is 11.6 Å². The summed E-state index contributed by atoms with van der Waals surface area (Å²) >= 11 is 0. The van der Waals surface area contributed by atoms with Crippen molar-refractivity contribution in [2.75, 3.05) is 31.5 Å². The van der Waals surface area contributed by atoms with Crippen molar-refractivity contribution in [3.05, 3.63) is 130 Å². The second-order valence-corrected chi connectivity index (χ2v) is 10.1. The number of methoxy groups -OCH3 is 3. The summed E-state index contributed by atoms with van der Waals surface area (Å²) in [5.74, 6) is -3.98. The summed E-state index contributed by atoms with van der Waals surface area (Å²) in [6, 6.07) is 19.1. The van der Waals surface area contributed by atoms with Crippen molar-refractivity contribution in [1.82, 2.24) is 0 Å². The molecule has 3 amide bonds. The third-order valence-corrected chi connectivity index (χ3v) is 7.05. The Kier molecular flexibility index (Phi) is 13.4. The Morgan fingerprint density at radius 1 is 0.735 bits per heavy atom. The molecule has 0 radical (unpaired) electrons. The molecule has 4 aromatic rings. The zero-order valence-electron chi connectivity index (χ0n) is 27.9. The molecule has 0 atom stereocenters. The van der Waals surface area contributed by atoms with Gasteiger partial charge in [0, 0.05) is 11.3 Å². The van der Waals surface area contributed by atoms with Gasteiger partial charge >= 0.3 is 47.5 Å². The Morgan fingerprint density at radius 3 is 1.84 bits per heavy atom. The van der Waals surface area contributed by atoms with Crippen LogP contribution >= 0.6 is 0 Å². The smallest absolute Gasteiger partial charge is 1.00 e. The number of carbonyl (C=O) groups excluding carboxylic acids is 6. The van der Waals surface area contributed by atoms with Gasteiger partial charge in [-0.3, -0.25) is 14.4 Å². The van der Waals surface area contributed by atoms with E-state index in [9.17, 15) is 37.5 Å². The van der Waals surface area contributed by atoms with E-state index in [1.807, 2.05) is 0 Å². The maximum Gasteiger partial charge on any atom is 1.00 e. The van der Waals surface area contributed by atoms with Gasteiger partial charge in [0.15, 0.2) is 0 Å². The molecule has 0 fully saturated rings. The molecule has 0 unspecified atom stereocenters. The van der Waals surface area contributed by atoms with Gasteiger partial charge in [-0.1, -0.05) is 0 Å². The number of nitrogens with zero attached hydrogens (tertiary/aromatic N) is 1. The average molecular weight is 683 g/mol. The second kappa shape index (κ2) is 17.2. The topological polar surface area (TPSA) is 145 Å². The van der Waals surface area contributed by atoms with Gasteiger partial charge in [-0.2, -0.15) is 0 Å². The number of rotatable bonds is 7. The molecule has 1 aliphatic heterocycles. The SMILES string of the molecule is COC(=O)c1ccc(C(=O)OC)c(CC(=O)Nc2ccc(F)cc2)c1.COC(=O)c1ccc2c(c1)CC(=O)N(c1ccc(F)cc1)C2=O.[H-].[Na+]. The van der Waals surface area contributed by atoms with Crippen molar-refractivity contribution in [2.24, 2.45) is 0 Å². The van der Waals surface area contributed by atoms with Gasteiger partial charge in [-0.25, -0.2) is 28.1 Å². The molecule has 0 saturated carbocycles. The fourth-order valence-corrected chi connectivity index (χ4v) is 4.73. The molecule has 49 heavy (non-hydrogen) atoms. The summed E-state index contributed by atoms with van der Waals surface area (Å²) in [5.41, 5.74) is 2.50. The van der Waals surface area contributed by atoms with Crippen molar-refractivity contribution in [1.29, 1.82) is 0 Å². The molecular weight excluding hydrogens is 653 g/mol. The van der Waals surface area contributed by atoms with E-state index < -0.39 is 47.3 Å². The normalized spacial score (nSPS) is 11.6. The van der Waals surface area contributed by atoms with Gasteiger partial charge in [-0.15, -0.1) is 0 Å². The summed E-state index contributed by atoms with van der Waals surface area (Å²) in [6.45, 7) is 0. The number of amides is 3. The van der Waals surface area contributed by atoms with E-state index in [0.717, 1.165) is 4.90 Å². The van der Waals surface area contributed by atoms with Crippen LogP contribution in [0.5, 0.6) is 0 Å². The van der Waals surface area contributed by atoms with Crippen LogP contribution in [0.15, 0.2) is 84.9 Å². The van der Waals surface area contributed by atoms with E-state index in [0.29, 0.717) is 28.1 Å². The van der Waals surface area contributed by atoms with Gasteiger partial charge in [0.25, 0.3) is 5.91 Å². The van der Waals surface area contributed by atoms with Crippen LogP contribution in [0.3, 0.4) is 0 Å². The Bertz CT molecular complexity index is 1910. The third-order valence-electron chi connectivity index (χ3n) is 7.05. The van der Waals surface area contributed by atoms with Crippen LogP contribution in [0.25, 0.3) is 0 Å². The van der Waals surface area contributed by atoms with E-state index in [-0.39, 0.29) is 60.5 Å². The Morgan fingerprint density at radius 2 is 1.27 bits per heavy atom. The van der Waals surface area contributed by atoms with Crippen LogP contribution in [0.4, 0.5) is 20.2 Å². The molecule has 4 aromatic carbocycles. The first-order valence-corrected chi connectivity index (χ1v) is 14.1. The third kappa shape index (κ3) is 9.44. The first-order chi connectivity index (χ1) is 22.9. The number of carbonyl (C=O) groups is 6. The molecule has 1 aliphatic rings. The Labute approximate surface area is 302 Å². The number of ether oxygens (including phenoxy) is 3. The number of esters is 3. The number of benzene rings is 4. The molecule has 0 spiro atoms. The predicted molar refractivity (Wildman–Crippen MR) is 169 cm³/mol. The first-order valence-electron chi connectivity index (χ1n) is 14.1. The summed E-state index contributed by atoms with van der Waals surface area (Å²) < 4.78 is 39.9. The summed E-state index contributed by atoms with van der Waals surface area (Å²) in [4.78, 5) is 73.1. The molecule has 0 saturated heterocycles. The monoisotopic (exact) mass is 682 g/mol. The molecule has 0 aromatic heterocycles. The minimum atomic E-state index is -0.624. The zero-order chi connectivity index (χ0) is 35.0. The predicted octanol–water partition coefficient (Wildman–Crippen LogP) is 2.04. The van der Waals surface area contributed by atoms with Crippen molar-refractivity contribution in [3.63, 3.8) is 0 Å². The van der Waals surface area contributed by atoms with Gasteiger partial charge in [0.2, 0.25) is 11.8 Å². The molecule has 248 valence electrons. The number of halogens is 2. The van der Waals surface area contributed by atoms with Crippen LogP contribution in [-0.4, -0.2) is 57.0 Å². The second-order valence-electron chi connectivity index (χ2n) is 10.1. The van der Waals surface area contributed by atoms with E-state index in [1.54, 1.807) is 0 Å². The Balaban J connectivity index is 0.000000334. The van der Waals surface area contributed by atoms with Crippen LogP contribution in [0.2, 0.25) is 0 Å². The van der Waals surface area contributed by atoms with Crippen LogP contribution in [0.1, 0.15) is 54.0 Å². The number of imide groups is 1. The molecule has 5 rings (SSSR count). The minimum absolute atomic E-state index is 0. The average Bonchev–Trinajstić information content (AvgIpc) is 3.09. The van der Waals surface area contributed by atoms with Gasteiger partial charge in [-0.05, 0) is 96.1 Å². The van der Waals surface area contributed by atoms with Crippen molar-refractivity contribution >= 4 is 47.0 Å². The van der Waals surface area contributed by atoms with E-state index in [2.05, 4.69) is 19.5 Å². The van der Waals surface area contributed by atoms with Crippen molar-refractivity contribution < 1.29 is 82.7 Å². The molecule has 0 aliphatic carbocycles. The van der Waals surface area contributed by atoms with Crippen LogP contribution in [-0.2, 0) is 36.6 Å². The Hall–Kier alpha value is -5.24. The number of fused-ring (bicyclic) bond motifs is 1. The number of hydrogen-bond acceptors (Lipinski definition) is 9. The number of anilines is 2. The first kappa shape index (κ1) is 38.2. The molecule has 0 bridgehead atoms. The molecule has 11 nitrogen and oxygen atoms in total. The van der Waals surface area contributed by atoms with Crippen LogP contribution < -0.4 is 39.8 Å². The molecule has 14 heteroatoms. The van der Waals surface area contributed by atoms with Crippen molar-refractivity contribution in [2.45, 2.75) is 12.8 Å². The van der Waals surface area contributed by atoms with E-state index in [1.165, 1.54) is 106 Å². The van der Waals surface area contributed by atoms with Gasteiger partial charge in [0.05, 0.1) is 56.5 Å². The summed E-state index contributed by atoms with van der Waals surface area (Å²) in [5, 5.41) is 2.59. The number of nitrogens with one attached hydrogen (secondary N) is 1. The molecule has 1 heterocycles. The molecular formula is C35H29F2N2NaO9. The van der Waals surface area contributed by atoms with Crippen molar-refractivity contribution in [3.8, 4) is 0 Å². The fraction of sp³-hybridized carbons (Fsp3) is 0.143. The van der Waals surface area contributed by atoms with Crippen LogP contribution in [0, 0.1) is 11.6 Å². The quantitative estimate of drug-likeness (QED) is 0.134. The fourth-order valence-electron chi connectivity index (χ4n) is 4.73. The standard InChI is InChI=1S/C18H16FNO5.C17H12FNO4.Na.H/c1-24-17(22)11-3-8-15(18(23)25-2)12(9-11)10-16(21)20-14-6-4-13(19)5-7-14;1-23-17(22)10-2-7-14-11(8-10)9-15(20)19(16(14)21)13-5-3-12(18)4-6-13;;/h3-9H,10H2,1-2H3,(H,20,21);2-8H,9H2,1H3;;/q;;+1;-1. The van der Waals surface area contributed by atoms with E-state index >= 15 is 0 Å². The number of hydrogen-bond donors (Lipinski definition) is 1. The maximum absolute atomic E-state index is 13.0. The summed E-state index contributed by atoms with van der Waals surface area (Å²) in [7, 11) is 3.71. The minimum Gasteiger partial charge on any atom is -1.00 e. The molecule has 1 N–H and O–H groups in total. The maximum atomic E-state index is 13.0.